The Morgan fingerprint density at radius 1 is 1.20 bits per heavy atom. The largest absolute Gasteiger partial charge is 0.444 e. The van der Waals surface area contributed by atoms with E-state index in [-0.39, 0.29) is 11.9 Å². The maximum Gasteiger partial charge on any atom is 0.410 e. The number of nitrogens with zero attached hydrogens (tertiary/aromatic N) is 1. The molecule has 0 saturated carbocycles. The lowest BCUT2D eigenvalue weighted by Gasteiger charge is -2.33. The number of carbonyl (C=O) groups is 4. The van der Waals surface area contributed by atoms with Gasteiger partial charge in [-0.2, -0.15) is 0 Å². The summed E-state index contributed by atoms with van der Waals surface area (Å²) in [7, 11) is 0. The fraction of sp³-hybridized carbons (Fsp3) is 0.778. The molecule has 0 bridgehead atoms. The van der Waals surface area contributed by atoms with Gasteiger partial charge in [0.05, 0.1) is 6.04 Å². The standard InChI is InChI=1S/C18H30N2O5/c1-13(23)16(12-22)19-15(11-21)6-5-14-7-9-20(10-8-14)17(24)25-18(2,3)4/h11-12,14-16,19H,5-10H2,1-4H3/t15-,16?/m1/s1. The molecule has 1 aliphatic heterocycles. The highest BCUT2D eigenvalue weighted by Gasteiger charge is 2.27. The molecule has 0 aromatic carbocycles. The van der Waals surface area contributed by atoms with Crippen LogP contribution in [0.5, 0.6) is 0 Å². The zero-order valence-corrected chi connectivity index (χ0v) is 15.6. The molecule has 0 spiro atoms. The molecule has 1 amide bonds. The third-order valence-electron chi connectivity index (χ3n) is 4.28. The van der Waals surface area contributed by atoms with Crippen LogP contribution in [-0.2, 0) is 19.1 Å². The first-order chi connectivity index (χ1) is 11.7. The van der Waals surface area contributed by atoms with Crippen LogP contribution in [0.2, 0.25) is 0 Å². The average molecular weight is 354 g/mol. The number of carbonyl (C=O) groups excluding carboxylic acids is 4. The third-order valence-corrected chi connectivity index (χ3v) is 4.28. The zero-order chi connectivity index (χ0) is 19.0. The Bertz CT molecular complexity index is 478. The van der Waals surface area contributed by atoms with Crippen molar-refractivity contribution in [3.8, 4) is 0 Å². The zero-order valence-electron chi connectivity index (χ0n) is 15.6. The van der Waals surface area contributed by atoms with E-state index >= 15 is 0 Å². The maximum absolute atomic E-state index is 12.0. The lowest BCUT2D eigenvalue weighted by atomic mass is 9.90. The molecule has 1 rings (SSSR count). The summed E-state index contributed by atoms with van der Waals surface area (Å²) in [6.45, 7) is 8.14. The number of ether oxygens (including phenoxy) is 1. The summed E-state index contributed by atoms with van der Waals surface area (Å²) < 4.78 is 5.37. The molecule has 0 aliphatic carbocycles. The van der Waals surface area contributed by atoms with Gasteiger partial charge in [-0.3, -0.25) is 10.1 Å². The number of hydrogen-bond acceptors (Lipinski definition) is 6. The van der Waals surface area contributed by atoms with Crippen LogP contribution in [0.1, 0.15) is 53.4 Å². The number of nitrogens with one attached hydrogen (secondary N) is 1. The summed E-state index contributed by atoms with van der Waals surface area (Å²) in [5.41, 5.74) is -0.497. The van der Waals surface area contributed by atoms with E-state index in [0.717, 1.165) is 25.5 Å². The van der Waals surface area contributed by atoms with Crippen LogP contribution in [0, 0.1) is 5.92 Å². The van der Waals surface area contributed by atoms with E-state index in [1.807, 2.05) is 20.8 Å². The number of aldehydes is 2. The van der Waals surface area contributed by atoms with Gasteiger partial charge in [-0.25, -0.2) is 4.79 Å². The van der Waals surface area contributed by atoms with Crippen molar-refractivity contribution in [2.24, 2.45) is 5.92 Å². The SMILES string of the molecule is CC(=O)C(C=O)N[C@@H](C=O)CCC1CCN(C(=O)OC(C)(C)C)CC1. The molecule has 1 N–H and O–H groups in total. The Kier molecular flexibility index (Phi) is 8.22. The van der Waals surface area contributed by atoms with Gasteiger partial charge in [-0.05, 0) is 59.3 Å². The van der Waals surface area contributed by atoms with Crippen LogP contribution in [0.4, 0.5) is 4.79 Å². The second kappa shape index (κ2) is 9.65. The van der Waals surface area contributed by atoms with Gasteiger partial charge < -0.3 is 19.2 Å². The lowest BCUT2D eigenvalue weighted by molar-refractivity contribution is -0.123. The van der Waals surface area contributed by atoms with Gasteiger partial charge >= 0.3 is 6.09 Å². The maximum atomic E-state index is 12.0. The van der Waals surface area contributed by atoms with Crippen LogP contribution in [0.25, 0.3) is 0 Å². The molecular formula is C18H30N2O5. The lowest BCUT2D eigenvalue weighted by Crippen LogP contribution is -2.45. The number of Topliss-reactive ketones (excluding diaryl/α,β-unsaturated/α-hetero) is 1. The van der Waals surface area contributed by atoms with E-state index in [1.165, 1.54) is 6.92 Å². The monoisotopic (exact) mass is 354 g/mol. The molecule has 25 heavy (non-hydrogen) atoms. The van der Waals surface area contributed by atoms with Crippen molar-refractivity contribution in [2.75, 3.05) is 13.1 Å². The van der Waals surface area contributed by atoms with Gasteiger partial charge in [0.2, 0.25) is 0 Å². The van der Waals surface area contributed by atoms with E-state index < -0.39 is 17.7 Å². The molecule has 142 valence electrons. The number of hydrogen-bond donors (Lipinski definition) is 1. The normalized spacial score (nSPS) is 18.3. The van der Waals surface area contributed by atoms with Gasteiger partial charge in [0.15, 0.2) is 5.78 Å². The Hall–Kier alpha value is -1.76. The van der Waals surface area contributed by atoms with Crippen molar-refractivity contribution in [3.05, 3.63) is 0 Å². The van der Waals surface area contributed by atoms with Crippen molar-refractivity contribution in [1.29, 1.82) is 0 Å². The second-order valence-electron chi connectivity index (χ2n) is 7.62. The number of amides is 1. The van der Waals surface area contributed by atoms with Crippen LogP contribution in [-0.4, -0.2) is 60.1 Å². The molecule has 1 fully saturated rings. The molecule has 0 aromatic rings. The highest BCUT2D eigenvalue weighted by Crippen LogP contribution is 2.23. The summed E-state index contributed by atoms with van der Waals surface area (Å²) in [5, 5.41) is 2.78. The fourth-order valence-electron chi connectivity index (χ4n) is 2.82. The molecule has 2 atom stereocenters. The van der Waals surface area contributed by atoms with Gasteiger partial charge in [-0.15, -0.1) is 0 Å². The van der Waals surface area contributed by atoms with Gasteiger partial charge in [0, 0.05) is 13.1 Å². The molecule has 7 nitrogen and oxygen atoms in total. The highest BCUT2D eigenvalue weighted by molar-refractivity contribution is 5.96. The predicted molar refractivity (Wildman–Crippen MR) is 93.3 cm³/mol. The number of likely N-dealkylation sites (tertiary alicyclic amines) is 1. The topological polar surface area (TPSA) is 92.8 Å². The van der Waals surface area contributed by atoms with Crippen molar-refractivity contribution in [3.63, 3.8) is 0 Å². The predicted octanol–water partition coefficient (Wildman–Crippen LogP) is 1.73. The molecule has 0 radical (unpaired) electrons. The first kappa shape index (κ1) is 21.3. The summed E-state index contributed by atoms with van der Waals surface area (Å²) in [5.74, 6) is 0.113. The van der Waals surface area contributed by atoms with Crippen molar-refractivity contribution in [2.45, 2.75) is 71.1 Å². The van der Waals surface area contributed by atoms with E-state index in [2.05, 4.69) is 5.32 Å². The van der Waals surface area contributed by atoms with Crippen LogP contribution in [0.15, 0.2) is 0 Å². The van der Waals surface area contributed by atoms with E-state index in [4.69, 9.17) is 4.74 Å². The van der Waals surface area contributed by atoms with Gasteiger partial charge in [-0.1, -0.05) is 0 Å². The minimum absolute atomic E-state index is 0.284. The average Bonchev–Trinajstić information content (AvgIpc) is 2.53. The smallest absolute Gasteiger partial charge is 0.410 e. The summed E-state index contributed by atoms with van der Waals surface area (Å²) in [6, 6.07) is -1.44. The van der Waals surface area contributed by atoms with Crippen molar-refractivity contribution in [1.82, 2.24) is 10.2 Å². The molecule has 1 saturated heterocycles. The number of ketones is 1. The van der Waals surface area contributed by atoms with E-state index in [1.54, 1.807) is 4.90 Å². The highest BCUT2D eigenvalue weighted by atomic mass is 16.6. The summed E-state index contributed by atoms with van der Waals surface area (Å²) >= 11 is 0. The fourth-order valence-corrected chi connectivity index (χ4v) is 2.82. The molecule has 7 heteroatoms. The Labute approximate surface area is 149 Å². The number of piperidine rings is 1. The molecule has 1 aliphatic rings. The number of rotatable bonds is 8. The molecule has 1 heterocycles. The van der Waals surface area contributed by atoms with E-state index in [0.29, 0.717) is 31.7 Å². The minimum atomic E-state index is -0.927. The van der Waals surface area contributed by atoms with E-state index in [9.17, 15) is 19.2 Å². The Morgan fingerprint density at radius 3 is 2.24 bits per heavy atom. The van der Waals surface area contributed by atoms with Gasteiger partial charge in [0.25, 0.3) is 0 Å². The minimum Gasteiger partial charge on any atom is -0.444 e. The van der Waals surface area contributed by atoms with Crippen LogP contribution < -0.4 is 5.32 Å². The van der Waals surface area contributed by atoms with Crippen LogP contribution >= 0.6 is 0 Å². The van der Waals surface area contributed by atoms with Gasteiger partial charge in [0.1, 0.15) is 24.2 Å². The molecule has 0 aromatic heterocycles. The second-order valence-corrected chi connectivity index (χ2v) is 7.62. The van der Waals surface area contributed by atoms with Crippen LogP contribution in [0.3, 0.4) is 0 Å². The summed E-state index contributed by atoms with van der Waals surface area (Å²) in [6.07, 6.45) is 4.07. The molecular weight excluding hydrogens is 324 g/mol. The Morgan fingerprint density at radius 2 is 1.80 bits per heavy atom. The van der Waals surface area contributed by atoms with Crippen molar-refractivity contribution < 1.29 is 23.9 Å². The first-order valence-corrected chi connectivity index (χ1v) is 8.81. The summed E-state index contributed by atoms with van der Waals surface area (Å²) in [4.78, 5) is 47.0. The quantitative estimate of drug-likeness (QED) is 0.527. The Balaban J connectivity index is 2.38. The van der Waals surface area contributed by atoms with Crippen molar-refractivity contribution >= 4 is 24.4 Å². The molecule has 1 unspecified atom stereocenters. The first-order valence-electron chi connectivity index (χ1n) is 8.81. The third kappa shape index (κ3) is 7.77.